The Morgan fingerprint density at radius 2 is 1.83 bits per heavy atom. The number of carbonyl (C=O) groups is 1. The van der Waals surface area contributed by atoms with Crippen molar-refractivity contribution in [1.29, 1.82) is 0 Å². The second kappa shape index (κ2) is 7.39. The highest BCUT2D eigenvalue weighted by Crippen LogP contribution is 2.25. The normalized spacial score (nSPS) is 10.3. The molecule has 114 valence electrons. The van der Waals surface area contributed by atoms with Crippen LogP contribution in [0.25, 0.3) is 0 Å². The zero-order valence-corrected chi connectivity index (χ0v) is 14.3. The van der Waals surface area contributed by atoms with E-state index in [4.69, 9.17) is 0 Å². The summed E-state index contributed by atoms with van der Waals surface area (Å²) in [5, 5.41) is 3.68. The van der Waals surface area contributed by atoms with Crippen molar-refractivity contribution in [3.63, 3.8) is 0 Å². The Bertz CT molecular complexity index is 792. The number of aromatic nitrogens is 2. The number of benzene rings is 1. The van der Waals surface area contributed by atoms with Crippen molar-refractivity contribution in [3.8, 4) is 0 Å². The molecule has 0 saturated heterocycles. The van der Waals surface area contributed by atoms with Crippen LogP contribution in [-0.2, 0) is 0 Å². The van der Waals surface area contributed by atoms with Gasteiger partial charge >= 0.3 is 0 Å². The Morgan fingerprint density at radius 1 is 1.00 bits per heavy atom. The monoisotopic (exact) mass is 385 g/mol. The average molecular weight is 386 g/mol. The molecule has 3 rings (SSSR count). The van der Waals surface area contributed by atoms with Gasteiger partial charge in [-0.1, -0.05) is 17.8 Å². The third-order valence-electron chi connectivity index (χ3n) is 2.95. The maximum absolute atomic E-state index is 12.2. The second-order valence-electron chi connectivity index (χ2n) is 4.61. The topological polar surface area (TPSA) is 54.9 Å². The van der Waals surface area contributed by atoms with Crippen LogP contribution >= 0.6 is 27.7 Å². The van der Waals surface area contributed by atoms with Crippen LogP contribution in [0.4, 0.5) is 5.82 Å². The van der Waals surface area contributed by atoms with Crippen LogP contribution in [-0.4, -0.2) is 15.9 Å². The lowest BCUT2D eigenvalue weighted by molar-refractivity contribution is 0.102. The number of amides is 1. The van der Waals surface area contributed by atoms with Crippen LogP contribution in [0.5, 0.6) is 0 Å². The van der Waals surface area contributed by atoms with Crippen LogP contribution in [0.2, 0.25) is 0 Å². The molecular weight excluding hydrogens is 374 g/mol. The number of rotatable bonds is 4. The van der Waals surface area contributed by atoms with E-state index in [2.05, 4.69) is 31.2 Å². The Labute approximate surface area is 146 Å². The summed E-state index contributed by atoms with van der Waals surface area (Å²) in [4.78, 5) is 21.6. The zero-order chi connectivity index (χ0) is 16.1. The molecule has 0 radical (unpaired) electrons. The van der Waals surface area contributed by atoms with E-state index in [-0.39, 0.29) is 5.91 Å². The van der Waals surface area contributed by atoms with Gasteiger partial charge in [0, 0.05) is 27.3 Å². The highest BCUT2D eigenvalue weighted by Gasteiger charge is 2.07. The lowest BCUT2D eigenvalue weighted by Crippen LogP contribution is -2.12. The molecule has 4 nitrogen and oxygen atoms in total. The summed E-state index contributed by atoms with van der Waals surface area (Å²) in [6.07, 6.45) is 3.40. The molecule has 0 spiro atoms. The first-order valence-electron chi connectivity index (χ1n) is 6.82. The van der Waals surface area contributed by atoms with Crippen molar-refractivity contribution in [2.75, 3.05) is 5.32 Å². The maximum Gasteiger partial charge on any atom is 0.256 e. The molecular formula is C17H12BrN3OS. The summed E-state index contributed by atoms with van der Waals surface area (Å²) in [6.45, 7) is 0. The van der Waals surface area contributed by atoms with Gasteiger partial charge in [0.25, 0.3) is 5.91 Å². The molecule has 2 heterocycles. The predicted molar refractivity (Wildman–Crippen MR) is 94.7 cm³/mol. The zero-order valence-electron chi connectivity index (χ0n) is 11.9. The Morgan fingerprint density at radius 3 is 2.48 bits per heavy atom. The van der Waals surface area contributed by atoms with Gasteiger partial charge < -0.3 is 5.32 Å². The smallest absolute Gasteiger partial charge is 0.256 e. The summed E-state index contributed by atoms with van der Waals surface area (Å²) in [7, 11) is 0. The Kier molecular flexibility index (Phi) is 5.05. The molecule has 3 aromatic rings. The van der Waals surface area contributed by atoms with E-state index in [1.54, 1.807) is 42.4 Å². The fourth-order valence-corrected chi connectivity index (χ4v) is 2.85. The van der Waals surface area contributed by atoms with Crippen LogP contribution in [0, 0.1) is 0 Å². The number of carbonyl (C=O) groups excluding carboxylic acids is 1. The van der Waals surface area contributed by atoms with Gasteiger partial charge in [-0.3, -0.25) is 4.79 Å². The fourth-order valence-electron chi connectivity index (χ4n) is 1.84. The summed E-state index contributed by atoms with van der Waals surface area (Å²) < 4.78 is 0.867. The van der Waals surface area contributed by atoms with Crippen molar-refractivity contribution >= 4 is 39.4 Å². The standard InChI is InChI=1S/C17H12BrN3OS/c18-13-6-9-15(20-11-13)21-17(22)12-4-7-14(8-5-12)23-16-3-1-2-10-19-16/h1-11H,(H,20,21,22). The van der Waals surface area contributed by atoms with Gasteiger partial charge in [-0.25, -0.2) is 9.97 Å². The van der Waals surface area contributed by atoms with E-state index in [9.17, 15) is 4.79 Å². The van der Waals surface area contributed by atoms with Gasteiger partial charge in [0.15, 0.2) is 0 Å². The van der Waals surface area contributed by atoms with Gasteiger partial charge in [-0.15, -0.1) is 0 Å². The molecule has 1 aromatic carbocycles. The molecule has 0 fully saturated rings. The molecule has 0 aliphatic heterocycles. The first-order chi connectivity index (χ1) is 11.2. The lowest BCUT2D eigenvalue weighted by Gasteiger charge is -2.05. The van der Waals surface area contributed by atoms with Crippen molar-refractivity contribution in [1.82, 2.24) is 9.97 Å². The molecule has 6 heteroatoms. The number of nitrogens with zero attached hydrogens (tertiary/aromatic N) is 2. The van der Waals surface area contributed by atoms with E-state index in [0.29, 0.717) is 11.4 Å². The fraction of sp³-hybridized carbons (Fsp3) is 0. The van der Waals surface area contributed by atoms with Gasteiger partial charge in [-0.2, -0.15) is 0 Å². The van der Waals surface area contributed by atoms with Crippen LogP contribution in [0.15, 0.2) is 81.4 Å². The van der Waals surface area contributed by atoms with E-state index in [0.717, 1.165) is 14.4 Å². The molecule has 2 aromatic heterocycles. The van der Waals surface area contributed by atoms with Gasteiger partial charge in [0.2, 0.25) is 0 Å². The van der Waals surface area contributed by atoms with Crippen LogP contribution in [0.3, 0.4) is 0 Å². The summed E-state index contributed by atoms with van der Waals surface area (Å²) >= 11 is 4.86. The maximum atomic E-state index is 12.2. The quantitative estimate of drug-likeness (QED) is 0.710. The Hall–Kier alpha value is -2.18. The molecule has 0 saturated carbocycles. The second-order valence-corrected chi connectivity index (χ2v) is 6.62. The summed E-state index contributed by atoms with van der Waals surface area (Å²) in [5.74, 6) is 0.333. The third-order valence-corrected chi connectivity index (χ3v) is 4.37. The van der Waals surface area contributed by atoms with Crippen molar-refractivity contribution in [3.05, 3.63) is 77.0 Å². The van der Waals surface area contributed by atoms with Crippen LogP contribution in [0.1, 0.15) is 10.4 Å². The molecule has 0 bridgehead atoms. The molecule has 23 heavy (non-hydrogen) atoms. The molecule has 0 aliphatic carbocycles. The number of hydrogen-bond donors (Lipinski definition) is 1. The third kappa shape index (κ3) is 4.40. The minimum Gasteiger partial charge on any atom is -0.307 e. The predicted octanol–water partition coefficient (Wildman–Crippen LogP) is 4.64. The molecule has 1 N–H and O–H groups in total. The summed E-state index contributed by atoms with van der Waals surface area (Å²) in [5.41, 5.74) is 0.583. The largest absolute Gasteiger partial charge is 0.307 e. The minimum absolute atomic E-state index is 0.186. The van der Waals surface area contributed by atoms with E-state index >= 15 is 0 Å². The molecule has 0 atom stereocenters. The lowest BCUT2D eigenvalue weighted by atomic mass is 10.2. The van der Waals surface area contributed by atoms with E-state index in [1.165, 1.54) is 0 Å². The van der Waals surface area contributed by atoms with Crippen molar-refractivity contribution in [2.24, 2.45) is 0 Å². The minimum atomic E-state index is -0.186. The van der Waals surface area contributed by atoms with Crippen molar-refractivity contribution < 1.29 is 4.79 Å². The van der Waals surface area contributed by atoms with Gasteiger partial charge in [-0.05, 0) is 64.5 Å². The van der Waals surface area contributed by atoms with Gasteiger partial charge in [0.1, 0.15) is 10.8 Å². The number of halogens is 1. The molecule has 0 unspecified atom stereocenters. The van der Waals surface area contributed by atoms with Crippen molar-refractivity contribution in [2.45, 2.75) is 9.92 Å². The van der Waals surface area contributed by atoms with E-state index < -0.39 is 0 Å². The van der Waals surface area contributed by atoms with Gasteiger partial charge in [0.05, 0.1) is 0 Å². The number of pyridine rings is 2. The summed E-state index contributed by atoms with van der Waals surface area (Å²) in [6, 6.07) is 16.7. The number of hydrogen-bond acceptors (Lipinski definition) is 4. The highest BCUT2D eigenvalue weighted by atomic mass is 79.9. The first-order valence-corrected chi connectivity index (χ1v) is 8.43. The SMILES string of the molecule is O=C(Nc1ccc(Br)cn1)c1ccc(Sc2ccccn2)cc1. The molecule has 1 amide bonds. The first kappa shape index (κ1) is 15.7. The van der Waals surface area contributed by atoms with Crippen LogP contribution < -0.4 is 5.32 Å². The number of nitrogens with one attached hydrogen (secondary N) is 1. The van der Waals surface area contributed by atoms with E-state index in [1.807, 2.05) is 36.4 Å². The number of anilines is 1. The molecule has 0 aliphatic rings. The average Bonchev–Trinajstić information content (AvgIpc) is 2.58. The Balaban J connectivity index is 1.66. The highest BCUT2D eigenvalue weighted by molar-refractivity contribution is 9.10.